The molecule has 2 saturated heterocycles. The summed E-state index contributed by atoms with van der Waals surface area (Å²) in [5.74, 6) is 1.30. The molecule has 1 aromatic rings. The molecule has 3 heterocycles. The lowest BCUT2D eigenvalue weighted by Gasteiger charge is -2.36. The number of carbonyl (C=O) groups excluding carboxylic acids is 1. The summed E-state index contributed by atoms with van der Waals surface area (Å²) in [5, 5.41) is 3.39. The van der Waals surface area contributed by atoms with Crippen LogP contribution in [0.5, 0.6) is 0 Å². The summed E-state index contributed by atoms with van der Waals surface area (Å²) in [6, 6.07) is 3.85. The maximum absolute atomic E-state index is 12.4. The summed E-state index contributed by atoms with van der Waals surface area (Å²) in [4.78, 5) is 23.8. The van der Waals surface area contributed by atoms with Crippen LogP contribution in [-0.2, 0) is 4.74 Å². The Morgan fingerprint density at radius 1 is 1.19 bits per heavy atom. The molecular formula is C19H31N5O3. The first kappa shape index (κ1) is 19.7. The third-order valence-corrected chi connectivity index (χ3v) is 5.11. The van der Waals surface area contributed by atoms with Gasteiger partial charge in [-0.25, -0.2) is 0 Å². The first-order chi connectivity index (χ1) is 13.2. The fourth-order valence-electron chi connectivity index (χ4n) is 3.46. The molecule has 2 aliphatic heterocycles. The normalized spacial score (nSPS) is 20.6. The molecule has 27 heavy (non-hydrogen) atoms. The first-order valence-electron chi connectivity index (χ1n) is 9.87. The Hall–Kier alpha value is -2.06. The van der Waals surface area contributed by atoms with Crippen LogP contribution < -0.4 is 5.32 Å². The van der Waals surface area contributed by atoms with Gasteiger partial charge in [0.1, 0.15) is 0 Å². The van der Waals surface area contributed by atoms with Gasteiger partial charge in [0, 0.05) is 51.9 Å². The van der Waals surface area contributed by atoms with E-state index in [0.29, 0.717) is 24.9 Å². The second-order valence-corrected chi connectivity index (χ2v) is 6.95. The van der Waals surface area contributed by atoms with E-state index in [1.807, 2.05) is 4.90 Å². The number of nitrogens with one attached hydrogen (secondary N) is 1. The number of amides is 1. The summed E-state index contributed by atoms with van der Waals surface area (Å²) in [6.07, 6.45) is 1.54. The minimum Gasteiger partial charge on any atom is -0.459 e. The highest BCUT2D eigenvalue weighted by molar-refractivity contribution is 5.91. The van der Waals surface area contributed by atoms with Crippen molar-refractivity contribution in [3.63, 3.8) is 0 Å². The zero-order valence-electron chi connectivity index (χ0n) is 16.4. The fourth-order valence-corrected chi connectivity index (χ4v) is 3.46. The molecule has 0 radical (unpaired) electrons. The molecule has 1 aromatic heterocycles. The van der Waals surface area contributed by atoms with E-state index in [9.17, 15) is 4.79 Å². The van der Waals surface area contributed by atoms with Gasteiger partial charge in [-0.2, -0.15) is 0 Å². The molecular weight excluding hydrogens is 346 g/mol. The Balaban J connectivity index is 1.53. The highest BCUT2D eigenvalue weighted by Gasteiger charge is 2.25. The van der Waals surface area contributed by atoms with Crippen molar-refractivity contribution in [1.29, 1.82) is 0 Å². The summed E-state index contributed by atoms with van der Waals surface area (Å²) in [6.45, 7) is 12.3. The van der Waals surface area contributed by atoms with E-state index >= 15 is 0 Å². The molecule has 1 unspecified atom stereocenters. The molecule has 0 aromatic carbocycles. The number of guanidine groups is 1. The van der Waals surface area contributed by atoms with Crippen LogP contribution in [0.4, 0.5) is 0 Å². The summed E-state index contributed by atoms with van der Waals surface area (Å²) < 4.78 is 10.7. The minimum absolute atomic E-state index is 0.0393. The standard InChI is InChI=1S/C19H31N5O3/c1-3-20-19(21-15-16(2)22-10-13-26-14-11-22)24-8-6-23(7-9-24)18(25)17-5-4-12-27-17/h4-5,12,16H,3,6-11,13-15H2,1-2H3,(H,20,21). The van der Waals surface area contributed by atoms with Crippen LogP contribution in [0.3, 0.4) is 0 Å². The smallest absolute Gasteiger partial charge is 0.289 e. The van der Waals surface area contributed by atoms with Crippen molar-refractivity contribution >= 4 is 11.9 Å². The molecule has 1 atom stereocenters. The number of aliphatic imine (C=N–C) groups is 1. The van der Waals surface area contributed by atoms with Crippen LogP contribution in [0.1, 0.15) is 24.4 Å². The molecule has 2 aliphatic rings. The van der Waals surface area contributed by atoms with Gasteiger partial charge in [-0.15, -0.1) is 0 Å². The summed E-state index contributed by atoms with van der Waals surface area (Å²) >= 11 is 0. The van der Waals surface area contributed by atoms with Crippen LogP contribution >= 0.6 is 0 Å². The van der Waals surface area contributed by atoms with Crippen molar-refractivity contribution in [2.75, 3.05) is 65.6 Å². The Bertz CT molecular complexity index is 605. The Kier molecular flexibility index (Phi) is 7.11. The molecule has 1 amide bonds. The minimum atomic E-state index is -0.0393. The van der Waals surface area contributed by atoms with E-state index < -0.39 is 0 Å². The quantitative estimate of drug-likeness (QED) is 0.602. The van der Waals surface area contributed by atoms with E-state index in [4.69, 9.17) is 14.1 Å². The molecule has 0 spiro atoms. The number of piperazine rings is 1. The van der Waals surface area contributed by atoms with Crippen molar-refractivity contribution < 1.29 is 13.9 Å². The van der Waals surface area contributed by atoms with Crippen LogP contribution in [0.2, 0.25) is 0 Å². The number of carbonyl (C=O) groups is 1. The number of rotatable bonds is 5. The number of ether oxygens (including phenoxy) is 1. The predicted molar refractivity (Wildman–Crippen MR) is 104 cm³/mol. The van der Waals surface area contributed by atoms with E-state index in [1.54, 1.807) is 12.1 Å². The topological polar surface area (TPSA) is 73.6 Å². The lowest BCUT2D eigenvalue weighted by Crippen LogP contribution is -2.54. The lowest BCUT2D eigenvalue weighted by molar-refractivity contribution is 0.0220. The van der Waals surface area contributed by atoms with Gasteiger partial charge < -0.3 is 24.3 Å². The zero-order chi connectivity index (χ0) is 19.1. The van der Waals surface area contributed by atoms with Crippen LogP contribution in [0.25, 0.3) is 0 Å². The first-order valence-corrected chi connectivity index (χ1v) is 9.87. The molecule has 3 rings (SSSR count). The van der Waals surface area contributed by atoms with E-state index in [-0.39, 0.29) is 5.91 Å². The van der Waals surface area contributed by atoms with Crippen LogP contribution in [-0.4, -0.2) is 98.2 Å². The highest BCUT2D eigenvalue weighted by Crippen LogP contribution is 2.10. The zero-order valence-corrected chi connectivity index (χ0v) is 16.4. The van der Waals surface area contributed by atoms with Gasteiger partial charge in [-0.3, -0.25) is 14.7 Å². The molecule has 8 nitrogen and oxygen atoms in total. The maximum atomic E-state index is 12.4. The predicted octanol–water partition coefficient (Wildman–Crippen LogP) is 0.724. The van der Waals surface area contributed by atoms with Gasteiger partial charge in [0.2, 0.25) is 0 Å². The number of nitrogens with zero attached hydrogens (tertiary/aromatic N) is 4. The number of hydrogen-bond donors (Lipinski definition) is 1. The maximum Gasteiger partial charge on any atom is 0.289 e. The van der Waals surface area contributed by atoms with E-state index in [0.717, 1.165) is 58.4 Å². The van der Waals surface area contributed by atoms with Crippen molar-refractivity contribution in [3.05, 3.63) is 24.2 Å². The average Bonchev–Trinajstić information content (AvgIpc) is 3.26. The highest BCUT2D eigenvalue weighted by atomic mass is 16.5. The van der Waals surface area contributed by atoms with Crippen molar-refractivity contribution in [2.24, 2.45) is 4.99 Å². The SMILES string of the molecule is CCNC(=NCC(C)N1CCOCC1)N1CCN(C(=O)c2ccco2)CC1. The number of furan rings is 1. The van der Waals surface area contributed by atoms with Crippen molar-refractivity contribution in [3.8, 4) is 0 Å². The van der Waals surface area contributed by atoms with Gasteiger partial charge in [-0.05, 0) is 26.0 Å². The largest absolute Gasteiger partial charge is 0.459 e. The molecule has 150 valence electrons. The average molecular weight is 377 g/mol. The monoisotopic (exact) mass is 377 g/mol. The fraction of sp³-hybridized carbons (Fsp3) is 0.684. The molecule has 0 bridgehead atoms. The third-order valence-electron chi connectivity index (χ3n) is 5.11. The van der Waals surface area contributed by atoms with Crippen LogP contribution in [0.15, 0.2) is 27.8 Å². The van der Waals surface area contributed by atoms with Gasteiger partial charge >= 0.3 is 0 Å². The summed E-state index contributed by atoms with van der Waals surface area (Å²) in [7, 11) is 0. The Morgan fingerprint density at radius 3 is 2.52 bits per heavy atom. The molecule has 8 heteroatoms. The van der Waals surface area contributed by atoms with Gasteiger partial charge in [0.15, 0.2) is 11.7 Å². The summed E-state index contributed by atoms with van der Waals surface area (Å²) in [5.41, 5.74) is 0. The van der Waals surface area contributed by atoms with Crippen molar-refractivity contribution in [2.45, 2.75) is 19.9 Å². The van der Waals surface area contributed by atoms with Gasteiger partial charge in [0.25, 0.3) is 5.91 Å². The Morgan fingerprint density at radius 2 is 1.89 bits per heavy atom. The molecule has 1 N–H and O–H groups in total. The van der Waals surface area contributed by atoms with Crippen molar-refractivity contribution in [1.82, 2.24) is 20.0 Å². The Labute approximate surface area is 161 Å². The second-order valence-electron chi connectivity index (χ2n) is 6.95. The molecule has 0 saturated carbocycles. The molecule has 2 fully saturated rings. The van der Waals surface area contributed by atoms with E-state index in [1.165, 1.54) is 6.26 Å². The number of hydrogen-bond acceptors (Lipinski definition) is 5. The van der Waals surface area contributed by atoms with Crippen LogP contribution in [0, 0.1) is 0 Å². The van der Waals surface area contributed by atoms with E-state index in [2.05, 4.69) is 29.0 Å². The molecule has 0 aliphatic carbocycles. The van der Waals surface area contributed by atoms with Gasteiger partial charge in [0.05, 0.1) is 26.0 Å². The second kappa shape index (κ2) is 9.75. The lowest BCUT2D eigenvalue weighted by atomic mass is 10.2. The van der Waals surface area contributed by atoms with Gasteiger partial charge in [-0.1, -0.05) is 0 Å². The third kappa shape index (κ3) is 5.23. The number of morpholine rings is 1.